The lowest BCUT2D eigenvalue weighted by molar-refractivity contribution is -0.384. The van der Waals surface area contributed by atoms with Gasteiger partial charge in [0.05, 0.1) is 22.2 Å². The zero-order chi connectivity index (χ0) is 13.8. The lowest BCUT2D eigenvalue weighted by Crippen LogP contribution is -2.29. The Hall–Kier alpha value is -1.33. The molecular weight excluding hydrogens is 256 g/mol. The molecule has 0 saturated heterocycles. The van der Waals surface area contributed by atoms with Crippen LogP contribution in [0.15, 0.2) is 18.2 Å². The fourth-order valence-corrected chi connectivity index (χ4v) is 1.60. The molecule has 0 aliphatic rings. The number of rotatable bonds is 6. The van der Waals surface area contributed by atoms with E-state index in [1.165, 1.54) is 12.1 Å². The molecular formula is C12H17ClN2O3. The van der Waals surface area contributed by atoms with E-state index < -0.39 is 4.92 Å². The second-order valence-electron chi connectivity index (χ2n) is 4.60. The lowest BCUT2D eigenvalue weighted by Gasteiger charge is -2.26. The third-order valence-electron chi connectivity index (χ3n) is 3.10. The Bertz CT molecular complexity index is 433. The summed E-state index contributed by atoms with van der Waals surface area (Å²) in [5.41, 5.74) is 0.367. The Labute approximate surface area is 111 Å². The van der Waals surface area contributed by atoms with Gasteiger partial charge in [-0.25, -0.2) is 0 Å². The number of nitro benzene ring substituents is 1. The molecule has 0 saturated carbocycles. The molecule has 100 valence electrons. The largest absolute Gasteiger partial charge is 0.396 e. The highest BCUT2D eigenvalue weighted by Gasteiger charge is 2.21. The maximum atomic E-state index is 10.6. The molecule has 0 spiro atoms. The van der Waals surface area contributed by atoms with Gasteiger partial charge in [0, 0.05) is 24.1 Å². The quantitative estimate of drug-likeness (QED) is 0.616. The third kappa shape index (κ3) is 3.58. The Balaban J connectivity index is 2.77. The summed E-state index contributed by atoms with van der Waals surface area (Å²) < 4.78 is 0. The van der Waals surface area contributed by atoms with E-state index in [4.69, 9.17) is 11.6 Å². The average molecular weight is 273 g/mol. The van der Waals surface area contributed by atoms with Crippen LogP contribution in [0.4, 0.5) is 11.4 Å². The predicted octanol–water partition coefficient (Wildman–Crippen LogP) is 3.07. The van der Waals surface area contributed by atoms with Gasteiger partial charge in [-0.1, -0.05) is 25.4 Å². The molecule has 0 heterocycles. The molecule has 18 heavy (non-hydrogen) atoms. The van der Waals surface area contributed by atoms with Crippen LogP contribution in [-0.2, 0) is 0 Å². The molecule has 1 rings (SSSR count). The minimum absolute atomic E-state index is 0.0361. The van der Waals surface area contributed by atoms with E-state index in [1.807, 2.05) is 13.8 Å². The zero-order valence-electron chi connectivity index (χ0n) is 10.4. The van der Waals surface area contributed by atoms with E-state index >= 15 is 0 Å². The van der Waals surface area contributed by atoms with Crippen LogP contribution in [0.25, 0.3) is 0 Å². The van der Waals surface area contributed by atoms with Crippen molar-refractivity contribution in [1.82, 2.24) is 0 Å². The molecule has 1 aromatic rings. The minimum Gasteiger partial charge on any atom is -0.396 e. The molecule has 0 aliphatic carbocycles. The molecule has 1 aromatic carbocycles. The standard InChI is InChI=1S/C12H17ClN2O3/c1-3-12(2,8-16)7-14-11-5-4-9(15(17)18)6-10(11)13/h4-6,14,16H,3,7-8H2,1-2H3. The van der Waals surface area contributed by atoms with Crippen LogP contribution in [0.2, 0.25) is 5.02 Å². The monoisotopic (exact) mass is 272 g/mol. The summed E-state index contributed by atoms with van der Waals surface area (Å²) in [4.78, 5) is 10.1. The number of nitro groups is 1. The molecule has 1 atom stereocenters. The molecule has 0 aliphatic heterocycles. The first-order valence-corrected chi connectivity index (χ1v) is 6.08. The number of aliphatic hydroxyl groups is 1. The number of nitrogens with one attached hydrogen (secondary N) is 1. The summed E-state index contributed by atoms with van der Waals surface area (Å²) in [6, 6.07) is 4.29. The van der Waals surface area contributed by atoms with Crippen molar-refractivity contribution < 1.29 is 10.0 Å². The SMILES string of the molecule is CCC(C)(CO)CNc1ccc([N+](=O)[O-])cc1Cl. The zero-order valence-corrected chi connectivity index (χ0v) is 11.2. The first kappa shape index (κ1) is 14.7. The van der Waals surface area contributed by atoms with E-state index in [0.717, 1.165) is 6.42 Å². The Kier molecular flexibility index (Phi) is 4.93. The highest BCUT2D eigenvalue weighted by atomic mass is 35.5. The van der Waals surface area contributed by atoms with Crippen molar-refractivity contribution in [2.45, 2.75) is 20.3 Å². The summed E-state index contributed by atoms with van der Waals surface area (Å²) in [6.07, 6.45) is 0.821. The molecule has 0 fully saturated rings. The van der Waals surface area contributed by atoms with Crippen molar-refractivity contribution in [2.24, 2.45) is 5.41 Å². The van der Waals surface area contributed by atoms with Crippen molar-refractivity contribution in [1.29, 1.82) is 0 Å². The Morgan fingerprint density at radius 3 is 2.67 bits per heavy atom. The molecule has 1 unspecified atom stereocenters. The van der Waals surface area contributed by atoms with Gasteiger partial charge in [0.1, 0.15) is 0 Å². The van der Waals surface area contributed by atoms with Crippen LogP contribution < -0.4 is 5.32 Å². The summed E-state index contributed by atoms with van der Waals surface area (Å²) in [5.74, 6) is 0. The molecule has 2 N–H and O–H groups in total. The summed E-state index contributed by atoms with van der Waals surface area (Å²) in [5, 5.41) is 23.3. The number of halogens is 1. The number of hydrogen-bond donors (Lipinski definition) is 2. The van der Waals surface area contributed by atoms with Crippen molar-refractivity contribution in [3.63, 3.8) is 0 Å². The van der Waals surface area contributed by atoms with Gasteiger partial charge >= 0.3 is 0 Å². The normalized spacial score (nSPS) is 14.0. The molecule has 5 nitrogen and oxygen atoms in total. The highest BCUT2D eigenvalue weighted by Crippen LogP contribution is 2.28. The van der Waals surface area contributed by atoms with Crippen molar-refractivity contribution in [2.75, 3.05) is 18.5 Å². The summed E-state index contributed by atoms with van der Waals surface area (Å²) in [7, 11) is 0. The fourth-order valence-electron chi connectivity index (χ4n) is 1.36. The lowest BCUT2D eigenvalue weighted by atomic mass is 9.88. The number of nitrogens with zero attached hydrogens (tertiary/aromatic N) is 1. The molecule has 6 heteroatoms. The Morgan fingerprint density at radius 1 is 1.56 bits per heavy atom. The topological polar surface area (TPSA) is 75.4 Å². The van der Waals surface area contributed by atoms with Crippen molar-refractivity contribution in [3.05, 3.63) is 33.3 Å². The van der Waals surface area contributed by atoms with E-state index in [9.17, 15) is 15.2 Å². The van der Waals surface area contributed by atoms with Gasteiger partial charge in [0.25, 0.3) is 5.69 Å². The van der Waals surface area contributed by atoms with Gasteiger partial charge in [-0.05, 0) is 12.5 Å². The van der Waals surface area contributed by atoms with Crippen molar-refractivity contribution in [3.8, 4) is 0 Å². The Morgan fingerprint density at radius 2 is 2.22 bits per heavy atom. The first-order valence-electron chi connectivity index (χ1n) is 5.70. The van der Waals surface area contributed by atoms with Gasteiger partial charge in [0.15, 0.2) is 0 Å². The van der Waals surface area contributed by atoms with Crippen LogP contribution in [0.5, 0.6) is 0 Å². The van der Waals surface area contributed by atoms with Gasteiger partial charge in [-0.15, -0.1) is 0 Å². The van der Waals surface area contributed by atoms with E-state index in [2.05, 4.69) is 5.32 Å². The van der Waals surface area contributed by atoms with Crippen molar-refractivity contribution >= 4 is 23.0 Å². The average Bonchev–Trinajstić information content (AvgIpc) is 2.36. The summed E-state index contributed by atoms with van der Waals surface area (Å²) >= 11 is 5.96. The van der Waals surface area contributed by atoms with Gasteiger partial charge < -0.3 is 10.4 Å². The molecule has 0 amide bonds. The van der Waals surface area contributed by atoms with E-state index in [0.29, 0.717) is 17.3 Å². The number of benzene rings is 1. The first-order chi connectivity index (χ1) is 8.41. The smallest absolute Gasteiger partial charge is 0.271 e. The van der Waals surface area contributed by atoms with Crippen LogP contribution in [0.1, 0.15) is 20.3 Å². The van der Waals surface area contributed by atoms with Crippen LogP contribution in [-0.4, -0.2) is 23.2 Å². The number of hydrogen-bond acceptors (Lipinski definition) is 4. The number of aliphatic hydroxyl groups excluding tert-OH is 1. The maximum Gasteiger partial charge on any atom is 0.271 e. The summed E-state index contributed by atoms with van der Waals surface area (Å²) in [6.45, 7) is 4.58. The van der Waals surface area contributed by atoms with Crippen LogP contribution in [0, 0.1) is 15.5 Å². The number of anilines is 1. The van der Waals surface area contributed by atoms with Crippen LogP contribution >= 0.6 is 11.6 Å². The van der Waals surface area contributed by atoms with Gasteiger partial charge in [-0.3, -0.25) is 10.1 Å². The van der Waals surface area contributed by atoms with Gasteiger partial charge in [0.2, 0.25) is 0 Å². The van der Waals surface area contributed by atoms with E-state index in [-0.39, 0.29) is 17.7 Å². The molecule has 0 aromatic heterocycles. The highest BCUT2D eigenvalue weighted by molar-refractivity contribution is 6.33. The van der Waals surface area contributed by atoms with Gasteiger partial charge in [-0.2, -0.15) is 0 Å². The second kappa shape index (κ2) is 6.02. The third-order valence-corrected chi connectivity index (χ3v) is 3.42. The predicted molar refractivity (Wildman–Crippen MR) is 72.1 cm³/mol. The molecule has 0 bridgehead atoms. The fraction of sp³-hybridized carbons (Fsp3) is 0.500. The van der Waals surface area contributed by atoms with E-state index in [1.54, 1.807) is 6.07 Å². The maximum absolute atomic E-state index is 10.6. The second-order valence-corrected chi connectivity index (χ2v) is 5.00. The minimum atomic E-state index is -0.487. The molecule has 0 radical (unpaired) electrons. The number of non-ortho nitro benzene ring substituents is 1. The van der Waals surface area contributed by atoms with Crippen LogP contribution in [0.3, 0.4) is 0 Å².